The molecule has 2 saturated heterocycles. The molecule has 2 aliphatic heterocycles. The van der Waals surface area contributed by atoms with E-state index in [0.29, 0.717) is 12.6 Å². The van der Waals surface area contributed by atoms with E-state index in [4.69, 9.17) is 0 Å². The molecule has 2 N–H and O–H groups in total. The van der Waals surface area contributed by atoms with Crippen LogP contribution in [0.15, 0.2) is 48.5 Å². The number of carbonyl (C=O) groups excluding carboxylic acids is 2. The Bertz CT molecular complexity index is 1160. The molecule has 12 heteroatoms. The third-order valence-electron chi connectivity index (χ3n) is 7.09. The highest BCUT2D eigenvalue weighted by Gasteiger charge is 2.32. The summed E-state index contributed by atoms with van der Waals surface area (Å²) in [5.41, 5.74) is -0.0392. The van der Waals surface area contributed by atoms with Crippen molar-refractivity contribution in [3.63, 3.8) is 0 Å². The van der Waals surface area contributed by atoms with Crippen LogP contribution in [0.1, 0.15) is 41.6 Å². The van der Waals surface area contributed by atoms with Crippen molar-refractivity contribution in [1.82, 2.24) is 15.5 Å². The van der Waals surface area contributed by atoms with Gasteiger partial charge in [-0.05, 0) is 56.0 Å². The maximum absolute atomic E-state index is 12.9. The normalized spacial score (nSPS) is 20.6. The van der Waals surface area contributed by atoms with Gasteiger partial charge in [0.1, 0.15) is 0 Å². The molecule has 0 aromatic heterocycles. The third kappa shape index (κ3) is 7.00. The second-order valence-electron chi connectivity index (χ2n) is 9.65. The summed E-state index contributed by atoms with van der Waals surface area (Å²) in [6.45, 7) is 2.91. The van der Waals surface area contributed by atoms with Gasteiger partial charge in [-0.3, -0.25) is 24.6 Å². The molecule has 2 amide bonds. The number of hydrogen-bond acceptors (Lipinski definition) is 6. The minimum atomic E-state index is -4.55. The molecule has 2 aromatic carbocycles. The van der Waals surface area contributed by atoms with Crippen LogP contribution in [-0.4, -0.2) is 66.4 Å². The Balaban J connectivity index is 1.22. The van der Waals surface area contributed by atoms with Crippen LogP contribution in [0.2, 0.25) is 0 Å². The van der Waals surface area contributed by atoms with Gasteiger partial charge in [0.2, 0.25) is 5.91 Å². The fourth-order valence-corrected chi connectivity index (χ4v) is 5.10. The number of non-ortho nitro benzene ring substituents is 1. The van der Waals surface area contributed by atoms with Crippen molar-refractivity contribution in [2.24, 2.45) is 0 Å². The predicted molar refractivity (Wildman–Crippen MR) is 135 cm³/mol. The first-order valence-electron chi connectivity index (χ1n) is 12.6. The van der Waals surface area contributed by atoms with Crippen molar-refractivity contribution >= 4 is 23.2 Å². The fourth-order valence-electron chi connectivity index (χ4n) is 5.10. The predicted octanol–water partition coefficient (Wildman–Crippen LogP) is 3.59. The molecule has 0 spiro atoms. The van der Waals surface area contributed by atoms with Crippen LogP contribution in [0.25, 0.3) is 0 Å². The Morgan fingerprint density at radius 1 is 1.03 bits per heavy atom. The summed E-state index contributed by atoms with van der Waals surface area (Å²) in [6, 6.07) is 11.0. The van der Waals surface area contributed by atoms with Crippen LogP contribution in [-0.2, 0) is 11.0 Å². The standard InChI is InChI=1S/C26H30F3N5O4/c27-26(28,29)19-4-1-3-18(15-19)25(36)30-16-24(35)31-20-10-13-33(17-20)21-5-2-12-32(14-11-21)22-6-8-23(9-7-22)34(37)38/h1,3-4,6-9,15,20-21H,2,5,10-14,16-17H2,(H,30,36)(H,31,35)/t20-,21?/m1/s1. The summed E-state index contributed by atoms with van der Waals surface area (Å²) in [4.78, 5) is 39.7. The smallest absolute Gasteiger partial charge is 0.371 e. The van der Waals surface area contributed by atoms with Crippen LogP contribution in [0.3, 0.4) is 0 Å². The molecule has 0 aliphatic carbocycles. The first-order valence-corrected chi connectivity index (χ1v) is 12.6. The monoisotopic (exact) mass is 533 g/mol. The minimum Gasteiger partial charge on any atom is -0.371 e. The number of benzene rings is 2. The van der Waals surface area contributed by atoms with Crippen molar-refractivity contribution in [2.45, 2.75) is 43.9 Å². The summed E-state index contributed by atoms with van der Waals surface area (Å²) in [5, 5.41) is 16.2. The molecule has 4 rings (SSSR count). The number of alkyl halides is 3. The van der Waals surface area contributed by atoms with Gasteiger partial charge in [0, 0.05) is 61.6 Å². The van der Waals surface area contributed by atoms with Crippen molar-refractivity contribution < 1.29 is 27.7 Å². The molecular weight excluding hydrogens is 503 g/mol. The second-order valence-corrected chi connectivity index (χ2v) is 9.65. The van der Waals surface area contributed by atoms with Gasteiger partial charge in [0.25, 0.3) is 11.6 Å². The molecule has 1 unspecified atom stereocenters. The largest absolute Gasteiger partial charge is 0.416 e. The zero-order valence-corrected chi connectivity index (χ0v) is 20.7. The van der Waals surface area contributed by atoms with E-state index in [2.05, 4.69) is 20.4 Å². The maximum Gasteiger partial charge on any atom is 0.416 e. The average Bonchev–Trinajstić information content (AvgIpc) is 3.21. The second kappa shape index (κ2) is 11.8. The van der Waals surface area contributed by atoms with Crippen LogP contribution >= 0.6 is 0 Å². The topological polar surface area (TPSA) is 108 Å². The van der Waals surface area contributed by atoms with Crippen LogP contribution in [0.5, 0.6) is 0 Å². The summed E-state index contributed by atoms with van der Waals surface area (Å²) >= 11 is 0. The Kier molecular flexibility index (Phi) is 8.50. The highest BCUT2D eigenvalue weighted by molar-refractivity contribution is 5.96. The number of halogens is 3. The van der Waals surface area contributed by atoms with Crippen LogP contribution in [0, 0.1) is 10.1 Å². The van der Waals surface area contributed by atoms with E-state index in [-0.39, 0.29) is 29.7 Å². The molecule has 0 saturated carbocycles. The number of rotatable bonds is 7. The van der Waals surface area contributed by atoms with Gasteiger partial charge in [-0.15, -0.1) is 0 Å². The Morgan fingerprint density at radius 3 is 2.50 bits per heavy atom. The van der Waals surface area contributed by atoms with Gasteiger partial charge in [-0.2, -0.15) is 13.2 Å². The number of nitrogens with one attached hydrogen (secondary N) is 2. The van der Waals surface area contributed by atoms with Gasteiger partial charge in [-0.25, -0.2) is 0 Å². The molecule has 2 heterocycles. The lowest BCUT2D eigenvalue weighted by molar-refractivity contribution is -0.384. The molecule has 0 bridgehead atoms. The van der Waals surface area contributed by atoms with E-state index in [1.54, 1.807) is 12.1 Å². The Morgan fingerprint density at radius 2 is 1.79 bits per heavy atom. The highest BCUT2D eigenvalue weighted by atomic mass is 19.4. The summed E-state index contributed by atoms with van der Waals surface area (Å²) < 4.78 is 38.6. The summed E-state index contributed by atoms with van der Waals surface area (Å²) in [6.07, 6.45) is -0.850. The number of nitrogens with zero attached hydrogens (tertiary/aromatic N) is 3. The summed E-state index contributed by atoms with van der Waals surface area (Å²) in [5.74, 6) is -1.13. The van der Waals surface area contributed by atoms with Gasteiger partial charge >= 0.3 is 6.18 Å². The lowest BCUT2D eigenvalue weighted by atomic mass is 10.1. The molecule has 2 atom stereocenters. The number of nitro groups is 1. The van der Waals surface area contributed by atoms with Gasteiger partial charge in [0.05, 0.1) is 17.0 Å². The van der Waals surface area contributed by atoms with E-state index in [9.17, 15) is 32.9 Å². The fraction of sp³-hybridized carbons (Fsp3) is 0.462. The number of likely N-dealkylation sites (tertiary alicyclic amines) is 1. The van der Waals surface area contributed by atoms with E-state index in [1.165, 1.54) is 18.2 Å². The Labute approximate surface area is 218 Å². The molecule has 2 aliphatic rings. The average molecular weight is 534 g/mol. The number of nitro benzene ring substituents is 1. The van der Waals surface area contributed by atoms with Crippen molar-refractivity contribution in [1.29, 1.82) is 0 Å². The zero-order chi connectivity index (χ0) is 27.3. The van der Waals surface area contributed by atoms with E-state index < -0.39 is 22.6 Å². The van der Waals surface area contributed by atoms with Crippen molar-refractivity contribution in [2.75, 3.05) is 37.6 Å². The zero-order valence-electron chi connectivity index (χ0n) is 20.7. The molecular formula is C26H30F3N5O4. The number of hydrogen-bond donors (Lipinski definition) is 2. The lowest BCUT2D eigenvalue weighted by Crippen LogP contribution is -2.44. The quantitative estimate of drug-likeness (QED) is 0.416. The highest BCUT2D eigenvalue weighted by Crippen LogP contribution is 2.29. The maximum atomic E-state index is 12.9. The molecule has 2 aromatic rings. The number of anilines is 1. The molecule has 38 heavy (non-hydrogen) atoms. The molecule has 204 valence electrons. The minimum absolute atomic E-state index is 0.0676. The number of carbonyl (C=O) groups is 2. The first-order chi connectivity index (χ1) is 18.1. The van der Waals surface area contributed by atoms with Gasteiger partial charge < -0.3 is 15.5 Å². The van der Waals surface area contributed by atoms with E-state index in [0.717, 1.165) is 69.2 Å². The molecule has 2 fully saturated rings. The molecule has 0 radical (unpaired) electrons. The van der Waals surface area contributed by atoms with E-state index >= 15 is 0 Å². The van der Waals surface area contributed by atoms with Crippen LogP contribution < -0.4 is 15.5 Å². The number of amides is 2. The van der Waals surface area contributed by atoms with E-state index in [1.807, 2.05) is 0 Å². The van der Waals surface area contributed by atoms with Crippen molar-refractivity contribution in [3.05, 3.63) is 69.8 Å². The van der Waals surface area contributed by atoms with Gasteiger partial charge in [-0.1, -0.05) is 6.07 Å². The Hall–Kier alpha value is -3.67. The molecule has 9 nitrogen and oxygen atoms in total. The van der Waals surface area contributed by atoms with Gasteiger partial charge in [0.15, 0.2) is 0 Å². The third-order valence-corrected chi connectivity index (χ3v) is 7.09. The first kappa shape index (κ1) is 27.4. The lowest BCUT2D eigenvalue weighted by Gasteiger charge is -2.27. The van der Waals surface area contributed by atoms with Crippen LogP contribution in [0.4, 0.5) is 24.5 Å². The summed E-state index contributed by atoms with van der Waals surface area (Å²) in [7, 11) is 0. The van der Waals surface area contributed by atoms with Crippen molar-refractivity contribution in [3.8, 4) is 0 Å². The SMILES string of the molecule is O=C(CNC(=O)c1cccc(C(F)(F)F)c1)N[C@@H]1CCN(C2CCCN(c3ccc([N+](=O)[O-])cc3)CC2)C1.